The van der Waals surface area contributed by atoms with Gasteiger partial charge in [-0.3, -0.25) is 19.3 Å². The van der Waals surface area contributed by atoms with Gasteiger partial charge in [0, 0.05) is 10.0 Å². The van der Waals surface area contributed by atoms with Crippen molar-refractivity contribution < 1.29 is 28.7 Å². The van der Waals surface area contributed by atoms with Crippen LogP contribution in [-0.4, -0.2) is 47.7 Å². The number of hydrogen-bond donors (Lipinski definition) is 1. The molecular formula is C22H18BrClN2O6S. The summed E-state index contributed by atoms with van der Waals surface area (Å²) in [5, 5.41) is 2.34. The average molecular weight is 554 g/mol. The number of thioether (sulfide) groups is 1. The molecule has 3 amide bonds. The topological polar surface area (TPSA) is 102 Å². The van der Waals surface area contributed by atoms with E-state index in [0.717, 1.165) is 4.90 Å². The second kappa shape index (κ2) is 11.4. The maximum atomic E-state index is 12.8. The lowest BCUT2D eigenvalue weighted by Gasteiger charge is -2.13. The van der Waals surface area contributed by atoms with E-state index >= 15 is 0 Å². The van der Waals surface area contributed by atoms with Gasteiger partial charge in [0.25, 0.3) is 11.1 Å². The molecule has 2 aromatic carbocycles. The van der Waals surface area contributed by atoms with Crippen LogP contribution in [0.15, 0.2) is 51.8 Å². The molecule has 0 spiro atoms. The van der Waals surface area contributed by atoms with Crippen LogP contribution in [0.4, 0.5) is 10.5 Å². The number of hydrogen-bond acceptors (Lipinski definition) is 7. The molecule has 0 unspecified atom stereocenters. The maximum Gasteiger partial charge on any atom is 0.344 e. The molecule has 0 aromatic heterocycles. The Bertz CT molecular complexity index is 1140. The van der Waals surface area contributed by atoms with E-state index in [2.05, 4.69) is 21.2 Å². The van der Waals surface area contributed by atoms with Crippen molar-refractivity contribution in [3.05, 3.63) is 62.4 Å². The summed E-state index contributed by atoms with van der Waals surface area (Å²) in [5.74, 6) is -1.38. The number of benzene rings is 2. The fraction of sp³-hybridized carbons (Fsp3) is 0.182. The van der Waals surface area contributed by atoms with E-state index in [1.54, 1.807) is 49.4 Å². The zero-order chi connectivity index (χ0) is 24.0. The van der Waals surface area contributed by atoms with Crippen LogP contribution in [0.5, 0.6) is 5.75 Å². The molecule has 172 valence electrons. The normalized spacial score (nSPS) is 14.5. The van der Waals surface area contributed by atoms with Gasteiger partial charge in [0.05, 0.1) is 22.2 Å². The molecule has 3 rings (SSSR count). The summed E-state index contributed by atoms with van der Waals surface area (Å²) in [5.41, 5.74) is 0.851. The maximum absolute atomic E-state index is 12.8. The Morgan fingerprint density at radius 1 is 1.21 bits per heavy atom. The van der Waals surface area contributed by atoms with Gasteiger partial charge in [-0.2, -0.15) is 0 Å². The molecule has 1 saturated heterocycles. The van der Waals surface area contributed by atoms with E-state index in [1.807, 2.05) is 0 Å². The highest BCUT2D eigenvalue weighted by atomic mass is 79.9. The van der Waals surface area contributed by atoms with Gasteiger partial charge in [-0.1, -0.05) is 39.7 Å². The predicted molar refractivity (Wildman–Crippen MR) is 129 cm³/mol. The average Bonchev–Trinajstić information content (AvgIpc) is 3.02. The minimum Gasteiger partial charge on any atom is -0.481 e. The number of nitrogens with zero attached hydrogens (tertiary/aromatic N) is 1. The Morgan fingerprint density at radius 3 is 2.70 bits per heavy atom. The van der Waals surface area contributed by atoms with Gasteiger partial charge in [-0.25, -0.2) is 4.79 Å². The summed E-state index contributed by atoms with van der Waals surface area (Å²) in [6.07, 6.45) is 1.47. The zero-order valence-corrected chi connectivity index (χ0v) is 20.5. The molecule has 1 fully saturated rings. The number of rotatable bonds is 8. The highest BCUT2D eigenvalue weighted by Gasteiger charge is 2.36. The number of esters is 1. The number of imide groups is 1. The van der Waals surface area contributed by atoms with Crippen molar-refractivity contribution >= 4 is 74.1 Å². The summed E-state index contributed by atoms with van der Waals surface area (Å²) in [7, 11) is 0. The third kappa shape index (κ3) is 6.59. The highest BCUT2D eigenvalue weighted by molar-refractivity contribution is 9.10. The molecule has 1 N–H and O–H groups in total. The monoisotopic (exact) mass is 552 g/mol. The van der Waals surface area contributed by atoms with Crippen molar-refractivity contribution in [2.75, 3.05) is 25.1 Å². The van der Waals surface area contributed by atoms with Crippen molar-refractivity contribution in [1.82, 2.24) is 4.90 Å². The third-order valence-corrected chi connectivity index (χ3v) is 5.96. The summed E-state index contributed by atoms with van der Waals surface area (Å²) < 4.78 is 11.1. The summed E-state index contributed by atoms with van der Waals surface area (Å²) in [6.45, 7) is 1.15. The van der Waals surface area contributed by atoms with Crippen LogP contribution in [0, 0.1) is 0 Å². The van der Waals surface area contributed by atoms with Gasteiger partial charge in [0.2, 0.25) is 5.91 Å². The van der Waals surface area contributed by atoms with Crippen molar-refractivity contribution in [2.45, 2.75) is 6.92 Å². The predicted octanol–water partition coefficient (Wildman–Crippen LogP) is 4.72. The van der Waals surface area contributed by atoms with Gasteiger partial charge in [0.15, 0.2) is 6.61 Å². The van der Waals surface area contributed by atoms with Gasteiger partial charge >= 0.3 is 5.97 Å². The van der Waals surface area contributed by atoms with E-state index in [0.29, 0.717) is 38.3 Å². The van der Waals surface area contributed by atoms with Crippen molar-refractivity contribution in [2.24, 2.45) is 0 Å². The Morgan fingerprint density at radius 2 is 1.97 bits per heavy atom. The zero-order valence-electron chi connectivity index (χ0n) is 17.3. The van der Waals surface area contributed by atoms with E-state index < -0.39 is 29.6 Å². The summed E-state index contributed by atoms with van der Waals surface area (Å²) >= 11 is 10.1. The molecule has 0 atom stereocenters. The van der Waals surface area contributed by atoms with Gasteiger partial charge in [-0.05, 0) is 55.1 Å². The van der Waals surface area contributed by atoms with Gasteiger partial charge in [-0.15, -0.1) is 0 Å². The highest BCUT2D eigenvalue weighted by Crippen LogP contribution is 2.35. The SMILES string of the molecule is CCOC(=O)COc1ccc(Br)cc1/C=C1/SC(=O)N(CC(=O)Nc2ccccc2Cl)C1=O. The minimum absolute atomic E-state index is 0.115. The number of amides is 3. The number of ether oxygens (including phenoxy) is 2. The molecule has 0 saturated carbocycles. The largest absolute Gasteiger partial charge is 0.481 e. The Balaban J connectivity index is 1.74. The van der Waals surface area contributed by atoms with Crippen LogP contribution in [0.1, 0.15) is 12.5 Å². The van der Waals surface area contributed by atoms with Crippen LogP contribution >= 0.6 is 39.3 Å². The number of carbonyl (C=O) groups is 4. The second-order valence-corrected chi connectivity index (χ2v) is 8.89. The standard InChI is InChI=1S/C22H18BrClN2O6S/c1-2-31-20(28)12-32-17-8-7-14(23)9-13(17)10-18-21(29)26(22(30)33-18)11-19(27)25-16-6-4-3-5-15(16)24/h3-10H,2,11-12H2,1H3,(H,25,27)/b18-10+. The molecule has 1 aliphatic heterocycles. The Kier molecular flexibility index (Phi) is 8.54. The van der Waals surface area contributed by atoms with E-state index in [9.17, 15) is 19.2 Å². The smallest absolute Gasteiger partial charge is 0.344 e. The van der Waals surface area contributed by atoms with E-state index in [4.69, 9.17) is 21.1 Å². The summed E-state index contributed by atoms with van der Waals surface area (Å²) in [6, 6.07) is 11.6. The Hall–Kier alpha value is -2.82. The lowest BCUT2D eigenvalue weighted by molar-refractivity contribution is -0.145. The molecule has 11 heteroatoms. The van der Waals surface area contributed by atoms with Crippen molar-refractivity contribution in [1.29, 1.82) is 0 Å². The molecule has 0 aliphatic carbocycles. The second-order valence-electron chi connectivity index (χ2n) is 6.57. The number of anilines is 1. The Labute approximate surface area is 207 Å². The number of carbonyl (C=O) groups excluding carboxylic acids is 4. The number of halogens is 2. The first-order valence-electron chi connectivity index (χ1n) is 9.66. The van der Waals surface area contributed by atoms with Crippen molar-refractivity contribution in [3.63, 3.8) is 0 Å². The van der Waals surface area contributed by atoms with Gasteiger partial charge in [0.1, 0.15) is 12.3 Å². The van der Waals surface area contributed by atoms with Crippen LogP contribution in [-0.2, 0) is 19.1 Å². The first-order chi connectivity index (χ1) is 15.8. The van der Waals surface area contributed by atoms with E-state index in [1.165, 1.54) is 6.08 Å². The molecule has 8 nitrogen and oxygen atoms in total. The number of nitrogens with one attached hydrogen (secondary N) is 1. The first kappa shape index (κ1) is 24.8. The van der Waals surface area contributed by atoms with Crippen molar-refractivity contribution in [3.8, 4) is 5.75 Å². The lowest BCUT2D eigenvalue weighted by Crippen LogP contribution is -2.36. The first-order valence-corrected chi connectivity index (χ1v) is 11.6. The fourth-order valence-corrected chi connectivity index (χ4v) is 4.17. The van der Waals surface area contributed by atoms with E-state index in [-0.39, 0.29) is 18.1 Å². The molecule has 1 heterocycles. The van der Waals surface area contributed by atoms with Crippen LogP contribution < -0.4 is 10.1 Å². The van der Waals surface area contributed by atoms with Crippen LogP contribution in [0.25, 0.3) is 6.08 Å². The molecule has 1 aliphatic rings. The summed E-state index contributed by atoms with van der Waals surface area (Å²) in [4.78, 5) is 50.1. The molecule has 0 bridgehead atoms. The third-order valence-electron chi connectivity index (χ3n) is 4.23. The lowest BCUT2D eigenvalue weighted by atomic mass is 10.2. The van der Waals surface area contributed by atoms with Crippen LogP contribution in [0.2, 0.25) is 5.02 Å². The molecule has 33 heavy (non-hydrogen) atoms. The number of para-hydroxylation sites is 1. The molecule has 0 radical (unpaired) electrons. The van der Waals surface area contributed by atoms with Gasteiger partial charge < -0.3 is 14.8 Å². The quantitative estimate of drug-likeness (QED) is 0.373. The molecular weight excluding hydrogens is 536 g/mol. The minimum atomic E-state index is -0.615. The fourth-order valence-electron chi connectivity index (χ4n) is 2.78. The molecule has 2 aromatic rings. The van der Waals surface area contributed by atoms with Crippen LogP contribution in [0.3, 0.4) is 0 Å².